The minimum Gasteiger partial charge on any atom is -0.346 e. The van der Waals surface area contributed by atoms with Gasteiger partial charge in [0, 0.05) is 56.1 Å². The molecule has 0 aliphatic carbocycles. The molecule has 1 aliphatic rings. The van der Waals surface area contributed by atoms with Crippen LogP contribution >= 0.6 is 22.9 Å². The van der Waals surface area contributed by atoms with Crippen molar-refractivity contribution >= 4 is 28.0 Å². The van der Waals surface area contributed by atoms with Crippen LogP contribution in [0.5, 0.6) is 0 Å². The van der Waals surface area contributed by atoms with Crippen molar-refractivity contribution < 1.29 is 0 Å². The molecule has 0 amide bonds. The Morgan fingerprint density at radius 3 is 2.81 bits per heavy atom. The molecule has 0 aromatic carbocycles. The Hall–Kier alpha value is -1.05. The third-order valence-corrected chi connectivity index (χ3v) is 5.32. The maximum atomic E-state index is 4.61. The molecule has 0 radical (unpaired) electrons. The van der Waals surface area contributed by atoms with Gasteiger partial charge in [-0.25, -0.2) is 9.97 Å². The smallest absolute Gasteiger partial charge is 0.205 e. The molecular formula is C14H21N5S2. The lowest BCUT2D eigenvalue weighted by Gasteiger charge is -2.20. The SMILES string of the molecule is CCc1nsc(N2CCCN(Cc3csc(C)n3)CC2)n1. The van der Waals surface area contributed by atoms with Gasteiger partial charge < -0.3 is 4.90 Å². The molecule has 0 saturated carbocycles. The first-order valence-electron chi connectivity index (χ1n) is 7.45. The standard InChI is InChI=1S/C14H21N5S2/c1-3-13-16-14(21-17-13)19-6-4-5-18(7-8-19)9-12-10-20-11(2)15-12/h10H,3-9H2,1-2H3. The molecule has 1 aliphatic heterocycles. The van der Waals surface area contributed by atoms with Crippen molar-refractivity contribution in [1.82, 2.24) is 19.2 Å². The van der Waals surface area contributed by atoms with Gasteiger partial charge in [-0.15, -0.1) is 11.3 Å². The molecule has 7 heteroatoms. The van der Waals surface area contributed by atoms with Crippen molar-refractivity contribution in [3.05, 3.63) is 21.9 Å². The fourth-order valence-electron chi connectivity index (χ4n) is 2.55. The minimum atomic E-state index is 0.916. The summed E-state index contributed by atoms with van der Waals surface area (Å²) in [6.07, 6.45) is 2.09. The second-order valence-corrected chi connectivity index (χ2v) is 7.11. The van der Waals surface area contributed by atoms with E-state index in [1.165, 1.54) is 23.6 Å². The van der Waals surface area contributed by atoms with Gasteiger partial charge in [-0.2, -0.15) is 4.37 Å². The van der Waals surface area contributed by atoms with Crippen molar-refractivity contribution in [2.75, 3.05) is 31.1 Å². The molecular weight excluding hydrogens is 302 g/mol. The van der Waals surface area contributed by atoms with E-state index in [1.54, 1.807) is 11.3 Å². The summed E-state index contributed by atoms with van der Waals surface area (Å²) in [5.74, 6) is 0.967. The Morgan fingerprint density at radius 1 is 1.19 bits per heavy atom. The molecule has 3 heterocycles. The Labute approximate surface area is 133 Å². The molecule has 0 unspecified atom stereocenters. The summed E-state index contributed by atoms with van der Waals surface area (Å²) in [5.41, 5.74) is 1.20. The summed E-state index contributed by atoms with van der Waals surface area (Å²) in [4.78, 5) is 14.1. The molecule has 3 rings (SSSR count). The quantitative estimate of drug-likeness (QED) is 0.865. The van der Waals surface area contributed by atoms with Crippen LogP contribution in [0, 0.1) is 6.92 Å². The fourth-order valence-corrected chi connectivity index (χ4v) is 3.95. The van der Waals surface area contributed by atoms with Gasteiger partial charge in [-0.05, 0) is 13.3 Å². The average molecular weight is 323 g/mol. The van der Waals surface area contributed by atoms with Crippen LogP contribution in [0.4, 0.5) is 5.13 Å². The summed E-state index contributed by atoms with van der Waals surface area (Å²) in [5, 5.41) is 4.41. The first kappa shape index (κ1) is 14.9. The van der Waals surface area contributed by atoms with Crippen molar-refractivity contribution in [1.29, 1.82) is 0 Å². The molecule has 1 saturated heterocycles. The Morgan fingerprint density at radius 2 is 2.10 bits per heavy atom. The van der Waals surface area contributed by atoms with Crippen LogP contribution in [0.2, 0.25) is 0 Å². The molecule has 0 spiro atoms. The van der Waals surface area contributed by atoms with Crippen LogP contribution in [0.3, 0.4) is 0 Å². The van der Waals surface area contributed by atoms with E-state index in [9.17, 15) is 0 Å². The van der Waals surface area contributed by atoms with Crippen LogP contribution in [0.15, 0.2) is 5.38 Å². The van der Waals surface area contributed by atoms with Gasteiger partial charge in [0.25, 0.3) is 0 Å². The fraction of sp³-hybridized carbons (Fsp3) is 0.643. The predicted molar refractivity (Wildman–Crippen MR) is 88.2 cm³/mol. The highest BCUT2D eigenvalue weighted by atomic mass is 32.1. The zero-order chi connectivity index (χ0) is 14.7. The molecule has 5 nitrogen and oxygen atoms in total. The normalized spacial score (nSPS) is 17.1. The second-order valence-electron chi connectivity index (χ2n) is 5.32. The monoisotopic (exact) mass is 323 g/mol. The van der Waals surface area contributed by atoms with Crippen LogP contribution in [0.25, 0.3) is 0 Å². The molecule has 114 valence electrons. The molecule has 2 aromatic heterocycles. The van der Waals surface area contributed by atoms with Gasteiger partial charge in [0.05, 0.1) is 10.7 Å². The zero-order valence-electron chi connectivity index (χ0n) is 12.6. The molecule has 2 aromatic rings. The summed E-state index contributed by atoms with van der Waals surface area (Å²) in [6.45, 7) is 9.44. The third-order valence-electron chi connectivity index (χ3n) is 3.68. The number of hydrogen-bond donors (Lipinski definition) is 0. The second kappa shape index (κ2) is 6.81. The lowest BCUT2D eigenvalue weighted by molar-refractivity contribution is 0.282. The van der Waals surface area contributed by atoms with Gasteiger partial charge in [0.1, 0.15) is 5.82 Å². The van der Waals surface area contributed by atoms with Crippen molar-refractivity contribution in [2.24, 2.45) is 0 Å². The molecule has 21 heavy (non-hydrogen) atoms. The van der Waals surface area contributed by atoms with E-state index in [2.05, 4.69) is 43.4 Å². The zero-order valence-corrected chi connectivity index (χ0v) is 14.2. The van der Waals surface area contributed by atoms with E-state index in [4.69, 9.17) is 0 Å². The Kier molecular flexibility index (Phi) is 4.82. The maximum Gasteiger partial charge on any atom is 0.205 e. The average Bonchev–Trinajstić information content (AvgIpc) is 3.05. The van der Waals surface area contributed by atoms with E-state index < -0.39 is 0 Å². The third kappa shape index (κ3) is 3.78. The van der Waals surface area contributed by atoms with E-state index in [-0.39, 0.29) is 0 Å². The van der Waals surface area contributed by atoms with E-state index in [1.807, 2.05) is 0 Å². The maximum absolute atomic E-state index is 4.61. The summed E-state index contributed by atoms with van der Waals surface area (Å²) in [7, 11) is 0. The Bertz CT molecular complexity index is 579. The van der Waals surface area contributed by atoms with E-state index >= 15 is 0 Å². The van der Waals surface area contributed by atoms with Crippen LogP contribution < -0.4 is 4.90 Å². The van der Waals surface area contributed by atoms with E-state index in [0.29, 0.717) is 0 Å². The van der Waals surface area contributed by atoms with Gasteiger partial charge in [-0.1, -0.05) is 6.92 Å². The first-order valence-corrected chi connectivity index (χ1v) is 9.11. The van der Waals surface area contributed by atoms with Gasteiger partial charge in [0.2, 0.25) is 5.13 Å². The van der Waals surface area contributed by atoms with Crippen molar-refractivity contribution in [2.45, 2.75) is 33.2 Å². The topological polar surface area (TPSA) is 45.2 Å². The first-order chi connectivity index (χ1) is 10.2. The highest BCUT2D eigenvalue weighted by Gasteiger charge is 2.18. The van der Waals surface area contributed by atoms with Gasteiger partial charge in [0.15, 0.2) is 0 Å². The molecule has 1 fully saturated rings. The van der Waals surface area contributed by atoms with Crippen LogP contribution in [0.1, 0.15) is 29.9 Å². The Balaban J connectivity index is 1.58. The number of aromatic nitrogens is 3. The largest absolute Gasteiger partial charge is 0.346 e. The highest BCUT2D eigenvalue weighted by Crippen LogP contribution is 2.20. The molecule has 0 N–H and O–H groups in total. The summed E-state index contributed by atoms with van der Waals surface area (Å²) < 4.78 is 4.40. The lowest BCUT2D eigenvalue weighted by Crippen LogP contribution is -2.30. The number of nitrogens with zero attached hydrogens (tertiary/aromatic N) is 5. The van der Waals surface area contributed by atoms with Gasteiger partial charge >= 0.3 is 0 Å². The number of hydrogen-bond acceptors (Lipinski definition) is 7. The lowest BCUT2D eigenvalue weighted by atomic mass is 10.3. The number of thiazole rings is 1. The summed E-state index contributed by atoms with van der Waals surface area (Å²) >= 11 is 3.27. The highest BCUT2D eigenvalue weighted by molar-refractivity contribution is 7.09. The predicted octanol–water partition coefficient (Wildman–Crippen LogP) is 2.58. The minimum absolute atomic E-state index is 0.916. The van der Waals surface area contributed by atoms with E-state index in [0.717, 1.165) is 55.1 Å². The number of rotatable bonds is 4. The van der Waals surface area contributed by atoms with Crippen LogP contribution in [-0.4, -0.2) is 45.4 Å². The number of anilines is 1. The van der Waals surface area contributed by atoms with Crippen LogP contribution in [-0.2, 0) is 13.0 Å². The summed E-state index contributed by atoms with van der Waals surface area (Å²) in [6, 6.07) is 0. The molecule has 0 atom stereocenters. The van der Waals surface area contributed by atoms with Crippen molar-refractivity contribution in [3.8, 4) is 0 Å². The number of aryl methyl sites for hydroxylation is 2. The molecule has 0 bridgehead atoms. The van der Waals surface area contributed by atoms with Crippen molar-refractivity contribution in [3.63, 3.8) is 0 Å². The van der Waals surface area contributed by atoms with Gasteiger partial charge in [-0.3, -0.25) is 4.90 Å².